The molecule has 102 valence electrons. The molecule has 1 aliphatic rings. The van der Waals surface area contributed by atoms with Crippen molar-refractivity contribution in [3.8, 4) is 0 Å². The van der Waals surface area contributed by atoms with Gasteiger partial charge in [0.15, 0.2) is 0 Å². The highest BCUT2D eigenvalue weighted by Gasteiger charge is 2.39. The number of aliphatic carboxylic acids is 1. The molecule has 1 aliphatic heterocycles. The van der Waals surface area contributed by atoms with Gasteiger partial charge < -0.3 is 15.1 Å². The molecule has 0 radical (unpaired) electrons. The van der Waals surface area contributed by atoms with Crippen LogP contribution in [0.2, 0.25) is 5.02 Å². The van der Waals surface area contributed by atoms with Gasteiger partial charge in [-0.25, -0.2) is 4.79 Å². The predicted octanol–water partition coefficient (Wildman–Crippen LogP) is 1.31. The summed E-state index contributed by atoms with van der Waals surface area (Å²) in [6.45, 7) is 1.86. The first-order chi connectivity index (χ1) is 8.90. The second-order valence-corrected chi connectivity index (χ2v) is 5.09. The van der Waals surface area contributed by atoms with Crippen molar-refractivity contribution in [2.45, 2.75) is 25.5 Å². The topological polar surface area (TPSA) is 77.8 Å². The number of carboxylic acid groups (broad SMARTS) is 1. The van der Waals surface area contributed by atoms with Crippen molar-refractivity contribution in [1.82, 2.24) is 4.90 Å². The lowest BCUT2D eigenvalue weighted by Crippen LogP contribution is -2.40. The molecule has 19 heavy (non-hydrogen) atoms. The van der Waals surface area contributed by atoms with E-state index >= 15 is 0 Å². The Balaban J connectivity index is 2.30. The normalized spacial score (nSPS) is 22.6. The molecule has 1 saturated heterocycles. The fourth-order valence-corrected chi connectivity index (χ4v) is 2.54. The minimum absolute atomic E-state index is 0.0139. The summed E-state index contributed by atoms with van der Waals surface area (Å²) in [7, 11) is 0. The maximum atomic E-state index is 12.3. The number of nitrogens with zero attached hydrogens (tertiary/aromatic N) is 1. The van der Waals surface area contributed by atoms with Gasteiger partial charge in [0.05, 0.1) is 16.7 Å². The molecule has 1 heterocycles. The van der Waals surface area contributed by atoms with Gasteiger partial charge in [-0.3, -0.25) is 4.79 Å². The monoisotopic (exact) mass is 283 g/mol. The van der Waals surface area contributed by atoms with Crippen molar-refractivity contribution in [3.05, 3.63) is 34.3 Å². The highest BCUT2D eigenvalue weighted by atomic mass is 35.5. The Morgan fingerprint density at radius 1 is 1.42 bits per heavy atom. The number of halogens is 1. The first kappa shape index (κ1) is 13.8. The number of amides is 1. The molecule has 1 aromatic carbocycles. The first-order valence-electron chi connectivity index (χ1n) is 5.88. The summed E-state index contributed by atoms with van der Waals surface area (Å²) in [6, 6.07) is 3.96. The molecule has 2 N–H and O–H groups in total. The molecule has 1 unspecified atom stereocenters. The maximum Gasteiger partial charge on any atom is 0.326 e. The lowest BCUT2D eigenvalue weighted by Gasteiger charge is -2.21. The third kappa shape index (κ3) is 2.72. The van der Waals surface area contributed by atoms with Gasteiger partial charge in [-0.05, 0) is 24.6 Å². The van der Waals surface area contributed by atoms with Crippen molar-refractivity contribution in [1.29, 1.82) is 0 Å². The summed E-state index contributed by atoms with van der Waals surface area (Å²) >= 11 is 6.01. The Labute approximate surface area is 115 Å². The molecule has 0 aliphatic carbocycles. The third-order valence-corrected chi connectivity index (χ3v) is 3.49. The highest BCUT2D eigenvalue weighted by molar-refractivity contribution is 6.34. The zero-order chi connectivity index (χ0) is 14.2. The van der Waals surface area contributed by atoms with Crippen LogP contribution in [-0.2, 0) is 4.79 Å². The van der Waals surface area contributed by atoms with Crippen LogP contribution in [0, 0.1) is 6.92 Å². The molecule has 5 nitrogen and oxygen atoms in total. The average molecular weight is 284 g/mol. The Hall–Kier alpha value is -1.59. The minimum Gasteiger partial charge on any atom is -0.480 e. The molecule has 6 heteroatoms. The fraction of sp³-hybridized carbons (Fsp3) is 0.385. The van der Waals surface area contributed by atoms with E-state index in [1.165, 1.54) is 0 Å². The number of β-amino-alcohol motifs (C(OH)–C–C–N with tert-alkyl or cyclic N) is 1. The lowest BCUT2D eigenvalue weighted by atomic mass is 10.1. The molecular weight excluding hydrogens is 270 g/mol. The number of hydrogen-bond acceptors (Lipinski definition) is 3. The number of aryl methyl sites for hydroxylation is 1. The molecule has 2 atom stereocenters. The van der Waals surface area contributed by atoms with Crippen molar-refractivity contribution in [2.75, 3.05) is 6.54 Å². The molecule has 1 aromatic rings. The van der Waals surface area contributed by atoms with Gasteiger partial charge in [-0.15, -0.1) is 0 Å². The zero-order valence-electron chi connectivity index (χ0n) is 10.3. The Morgan fingerprint density at radius 3 is 2.68 bits per heavy atom. The van der Waals surface area contributed by atoms with Crippen LogP contribution in [0.4, 0.5) is 0 Å². The molecular formula is C13H14ClNO4. The van der Waals surface area contributed by atoms with E-state index in [0.717, 1.165) is 10.5 Å². The van der Waals surface area contributed by atoms with Gasteiger partial charge in [0, 0.05) is 13.0 Å². The second kappa shape index (κ2) is 5.19. The third-order valence-electron chi connectivity index (χ3n) is 3.18. The molecule has 2 rings (SSSR count). The Morgan fingerprint density at radius 2 is 2.11 bits per heavy atom. The molecule has 0 bridgehead atoms. The number of carbonyl (C=O) groups is 2. The zero-order valence-corrected chi connectivity index (χ0v) is 11.1. The van der Waals surface area contributed by atoms with Crippen LogP contribution in [0.15, 0.2) is 18.2 Å². The van der Waals surface area contributed by atoms with Gasteiger partial charge in [-0.2, -0.15) is 0 Å². The van der Waals surface area contributed by atoms with Gasteiger partial charge in [0.25, 0.3) is 5.91 Å². The highest BCUT2D eigenvalue weighted by Crippen LogP contribution is 2.25. The van der Waals surface area contributed by atoms with Crippen LogP contribution < -0.4 is 0 Å². The van der Waals surface area contributed by atoms with Crippen LogP contribution in [0.5, 0.6) is 0 Å². The summed E-state index contributed by atoms with van der Waals surface area (Å²) in [5.74, 6) is -1.58. The van der Waals surface area contributed by atoms with Gasteiger partial charge in [0.2, 0.25) is 0 Å². The molecule has 1 fully saturated rings. The standard InChI is InChI=1S/C13H14ClNO4/c1-7-2-3-9(10(14)4-7)12(17)15-6-8(16)5-11(15)13(18)19/h2-4,8,11,16H,5-6H2,1H3,(H,18,19)/t8?,11-/m0/s1. The van der Waals surface area contributed by atoms with Crippen LogP contribution in [-0.4, -0.2) is 45.7 Å². The smallest absolute Gasteiger partial charge is 0.326 e. The number of carbonyl (C=O) groups excluding carboxylic acids is 1. The van der Waals surface area contributed by atoms with E-state index in [9.17, 15) is 14.7 Å². The van der Waals surface area contributed by atoms with E-state index in [-0.39, 0.29) is 23.6 Å². The number of likely N-dealkylation sites (tertiary alicyclic amines) is 1. The van der Waals surface area contributed by atoms with E-state index in [0.29, 0.717) is 0 Å². The molecule has 0 spiro atoms. The molecule has 1 amide bonds. The number of benzene rings is 1. The molecule has 0 aromatic heterocycles. The van der Waals surface area contributed by atoms with Gasteiger partial charge in [0.1, 0.15) is 6.04 Å². The average Bonchev–Trinajstić information content (AvgIpc) is 2.70. The van der Waals surface area contributed by atoms with Crippen molar-refractivity contribution in [3.63, 3.8) is 0 Å². The summed E-state index contributed by atoms with van der Waals surface area (Å²) < 4.78 is 0. The number of hydrogen-bond donors (Lipinski definition) is 2. The predicted molar refractivity (Wildman–Crippen MR) is 69.3 cm³/mol. The van der Waals surface area contributed by atoms with E-state index in [1.807, 2.05) is 6.92 Å². The summed E-state index contributed by atoms with van der Waals surface area (Å²) in [4.78, 5) is 24.6. The van der Waals surface area contributed by atoms with Crippen LogP contribution >= 0.6 is 11.6 Å². The van der Waals surface area contributed by atoms with Crippen LogP contribution in [0.1, 0.15) is 22.3 Å². The molecule has 0 saturated carbocycles. The van der Waals surface area contributed by atoms with Crippen molar-refractivity contribution < 1.29 is 19.8 Å². The van der Waals surface area contributed by atoms with Gasteiger partial charge in [-0.1, -0.05) is 17.7 Å². The van der Waals surface area contributed by atoms with Crippen LogP contribution in [0.25, 0.3) is 0 Å². The van der Waals surface area contributed by atoms with Crippen LogP contribution in [0.3, 0.4) is 0 Å². The second-order valence-electron chi connectivity index (χ2n) is 4.68. The summed E-state index contributed by atoms with van der Waals surface area (Å²) in [5.41, 5.74) is 1.17. The largest absolute Gasteiger partial charge is 0.480 e. The van der Waals surface area contributed by atoms with E-state index in [1.54, 1.807) is 18.2 Å². The maximum absolute atomic E-state index is 12.3. The first-order valence-corrected chi connectivity index (χ1v) is 6.26. The van der Waals surface area contributed by atoms with Gasteiger partial charge >= 0.3 is 5.97 Å². The van der Waals surface area contributed by atoms with E-state index in [4.69, 9.17) is 16.7 Å². The van der Waals surface area contributed by atoms with Crippen molar-refractivity contribution in [2.24, 2.45) is 0 Å². The number of aliphatic hydroxyl groups is 1. The van der Waals surface area contributed by atoms with E-state index in [2.05, 4.69) is 0 Å². The number of aliphatic hydroxyl groups excluding tert-OH is 1. The number of carboxylic acids is 1. The lowest BCUT2D eigenvalue weighted by molar-refractivity contribution is -0.141. The van der Waals surface area contributed by atoms with E-state index < -0.39 is 24.0 Å². The fourth-order valence-electron chi connectivity index (χ4n) is 2.22. The minimum atomic E-state index is -1.12. The summed E-state index contributed by atoms with van der Waals surface area (Å²) in [6.07, 6.45) is -0.765. The number of rotatable bonds is 2. The Bertz CT molecular complexity index is 531. The van der Waals surface area contributed by atoms with Crippen molar-refractivity contribution >= 4 is 23.5 Å². The Kier molecular flexibility index (Phi) is 3.78. The quantitative estimate of drug-likeness (QED) is 0.858. The summed E-state index contributed by atoms with van der Waals surface area (Å²) in [5, 5.41) is 18.9. The SMILES string of the molecule is Cc1ccc(C(=O)N2CC(O)C[C@H]2C(=O)O)c(Cl)c1.